The molecule has 0 amide bonds. The average molecular weight is 500 g/mol. The number of rotatable bonds is 12. The van der Waals surface area contributed by atoms with E-state index in [9.17, 15) is 30.0 Å². The molecule has 194 valence electrons. The molecule has 0 aliphatic carbocycles. The topological polar surface area (TPSA) is 160 Å². The van der Waals surface area contributed by atoms with Gasteiger partial charge in [0, 0.05) is 19.3 Å². The minimum Gasteiger partial charge on any atom is -0.477 e. The summed E-state index contributed by atoms with van der Waals surface area (Å²) >= 11 is 0. The van der Waals surface area contributed by atoms with Gasteiger partial charge in [-0.05, 0) is 23.1 Å². The van der Waals surface area contributed by atoms with Crippen LogP contribution in [0.4, 0.5) is 0 Å². The number of ether oxygens (including phenoxy) is 2. The van der Waals surface area contributed by atoms with E-state index < -0.39 is 48.6 Å². The van der Waals surface area contributed by atoms with Gasteiger partial charge in [-0.25, -0.2) is 4.79 Å². The number of aliphatic hydroxyl groups is 3. The third-order valence-electron chi connectivity index (χ3n) is 6.30. The second-order valence-electron chi connectivity index (χ2n) is 8.96. The van der Waals surface area contributed by atoms with Crippen molar-refractivity contribution in [1.82, 2.24) is 0 Å². The number of hydrogen-bond acceptors (Lipinski definition) is 8. The molecule has 0 spiro atoms. The number of aliphatic hydroxyl groups excluding tert-OH is 3. The van der Waals surface area contributed by atoms with Crippen LogP contribution in [0.15, 0.2) is 67.3 Å². The molecule has 9 nitrogen and oxygen atoms in total. The molecule has 1 aliphatic rings. The highest BCUT2D eigenvalue weighted by Gasteiger charge is 2.54. The quantitative estimate of drug-likeness (QED) is 0.272. The Balaban J connectivity index is 1.57. The Morgan fingerprint density at radius 1 is 1.14 bits per heavy atom. The van der Waals surface area contributed by atoms with Crippen LogP contribution in [0.25, 0.3) is 11.1 Å². The Morgan fingerprint density at radius 3 is 2.39 bits per heavy atom. The Morgan fingerprint density at radius 2 is 1.78 bits per heavy atom. The Labute approximate surface area is 209 Å². The van der Waals surface area contributed by atoms with Crippen molar-refractivity contribution in [3.63, 3.8) is 0 Å². The van der Waals surface area contributed by atoms with Crippen molar-refractivity contribution in [1.29, 1.82) is 0 Å². The summed E-state index contributed by atoms with van der Waals surface area (Å²) in [4.78, 5) is 24.3. The molecule has 1 fully saturated rings. The molecule has 4 unspecified atom stereocenters. The van der Waals surface area contributed by atoms with E-state index in [1.165, 1.54) is 6.08 Å². The lowest BCUT2D eigenvalue weighted by Crippen LogP contribution is -2.66. The molecule has 0 bridgehead atoms. The largest absolute Gasteiger partial charge is 0.477 e. The predicted molar refractivity (Wildman–Crippen MR) is 132 cm³/mol. The standard InChI is InChI=1S/C27H33NO8/c1-2-14-35-27(26(33)34)16-22(31)23(28)25(36-27)24(32)21(30)13-12-20(29)15-17-8-10-19(11-9-17)18-6-4-3-5-7-18/h2-11,21-25,30-32H,1,12-16,28H2,(H,33,34)/t21-,22?,23?,24+,25?,27?/m1/s1. The van der Waals surface area contributed by atoms with E-state index in [-0.39, 0.29) is 31.7 Å². The van der Waals surface area contributed by atoms with Crippen LogP contribution in [0.2, 0.25) is 0 Å². The van der Waals surface area contributed by atoms with Crippen LogP contribution >= 0.6 is 0 Å². The van der Waals surface area contributed by atoms with Gasteiger partial charge < -0.3 is 35.6 Å². The van der Waals surface area contributed by atoms with E-state index in [4.69, 9.17) is 15.2 Å². The number of carbonyl (C=O) groups excluding carboxylic acids is 1. The Bertz CT molecular complexity index is 1030. The summed E-state index contributed by atoms with van der Waals surface area (Å²) in [5.41, 5.74) is 8.87. The molecular formula is C27H33NO8. The summed E-state index contributed by atoms with van der Waals surface area (Å²) in [5, 5.41) is 41.1. The summed E-state index contributed by atoms with van der Waals surface area (Å²) in [7, 11) is 0. The number of benzene rings is 2. The Hall–Kier alpha value is -2.92. The predicted octanol–water partition coefficient (Wildman–Crippen LogP) is 1.43. The lowest BCUT2D eigenvalue weighted by Gasteiger charge is -2.45. The molecule has 1 saturated heterocycles. The number of carboxylic acids is 1. The van der Waals surface area contributed by atoms with Gasteiger partial charge in [0.25, 0.3) is 5.79 Å². The molecule has 2 aromatic rings. The van der Waals surface area contributed by atoms with E-state index in [1.807, 2.05) is 54.6 Å². The average Bonchev–Trinajstić information content (AvgIpc) is 2.88. The van der Waals surface area contributed by atoms with Crippen LogP contribution in [0.1, 0.15) is 24.8 Å². The fourth-order valence-corrected chi connectivity index (χ4v) is 4.22. The van der Waals surface area contributed by atoms with Gasteiger partial charge in [-0.3, -0.25) is 4.79 Å². The highest BCUT2D eigenvalue weighted by atomic mass is 16.7. The lowest BCUT2D eigenvalue weighted by atomic mass is 9.88. The molecule has 2 aromatic carbocycles. The molecule has 0 radical (unpaired) electrons. The second kappa shape index (κ2) is 12.4. The van der Waals surface area contributed by atoms with E-state index in [0.29, 0.717) is 0 Å². The van der Waals surface area contributed by atoms with Crippen molar-refractivity contribution in [2.75, 3.05) is 6.61 Å². The highest BCUT2D eigenvalue weighted by molar-refractivity contribution is 5.81. The van der Waals surface area contributed by atoms with Crippen molar-refractivity contribution in [3.05, 3.63) is 72.8 Å². The first-order valence-electron chi connectivity index (χ1n) is 11.8. The van der Waals surface area contributed by atoms with Crippen molar-refractivity contribution >= 4 is 11.8 Å². The van der Waals surface area contributed by atoms with Gasteiger partial charge in [-0.2, -0.15) is 0 Å². The first kappa shape index (κ1) is 27.7. The van der Waals surface area contributed by atoms with Gasteiger partial charge in [0.2, 0.25) is 0 Å². The zero-order valence-electron chi connectivity index (χ0n) is 19.9. The number of nitrogens with two attached hydrogens (primary N) is 1. The van der Waals surface area contributed by atoms with Gasteiger partial charge in [0.1, 0.15) is 18.0 Å². The summed E-state index contributed by atoms with van der Waals surface area (Å²) < 4.78 is 10.8. The number of carboxylic acid groups (broad SMARTS) is 1. The smallest absolute Gasteiger partial charge is 0.364 e. The lowest BCUT2D eigenvalue weighted by molar-refractivity contribution is -0.306. The number of Topliss-reactive ketones (excluding diaryl/α,β-unsaturated/α-hetero) is 1. The van der Waals surface area contributed by atoms with Gasteiger partial charge in [0.15, 0.2) is 0 Å². The molecule has 6 atom stereocenters. The molecule has 1 aliphatic heterocycles. The number of carbonyl (C=O) groups is 2. The molecule has 0 saturated carbocycles. The van der Waals surface area contributed by atoms with Gasteiger partial charge in [-0.1, -0.05) is 60.7 Å². The first-order valence-corrected chi connectivity index (χ1v) is 11.8. The molecule has 1 heterocycles. The van der Waals surface area contributed by atoms with E-state index in [1.54, 1.807) is 0 Å². The van der Waals surface area contributed by atoms with Crippen molar-refractivity contribution in [3.8, 4) is 11.1 Å². The summed E-state index contributed by atoms with van der Waals surface area (Å²) in [5.74, 6) is -3.90. The van der Waals surface area contributed by atoms with Crippen molar-refractivity contribution < 1.29 is 39.5 Å². The number of hydrogen-bond donors (Lipinski definition) is 5. The zero-order valence-corrected chi connectivity index (χ0v) is 19.9. The zero-order chi connectivity index (χ0) is 26.3. The molecule has 6 N–H and O–H groups in total. The normalized spacial score (nSPS) is 25.6. The Kier molecular flexibility index (Phi) is 9.49. The van der Waals surface area contributed by atoms with Crippen LogP contribution in [0.5, 0.6) is 0 Å². The van der Waals surface area contributed by atoms with E-state index in [0.717, 1.165) is 16.7 Å². The van der Waals surface area contributed by atoms with Gasteiger partial charge in [0.05, 0.1) is 24.9 Å². The van der Waals surface area contributed by atoms with Crippen molar-refractivity contribution in [2.45, 2.75) is 61.9 Å². The molecule has 3 rings (SSSR count). The van der Waals surface area contributed by atoms with E-state index >= 15 is 0 Å². The molecular weight excluding hydrogens is 466 g/mol. The fourth-order valence-electron chi connectivity index (χ4n) is 4.22. The highest BCUT2D eigenvalue weighted by Crippen LogP contribution is 2.33. The molecule has 9 heteroatoms. The van der Waals surface area contributed by atoms with Crippen LogP contribution in [-0.2, 0) is 25.5 Å². The van der Waals surface area contributed by atoms with E-state index in [2.05, 4.69) is 6.58 Å². The molecule has 0 aromatic heterocycles. The van der Waals surface area contributed by atoms with Crippen LogP contribution in [-0.4, -0.2) is 75.0 Å². The molecule has 36 heavy (non-hydrogen) atoms. The fraction of sp³-hybridized carbons (Fsp3) is 0.407. The number of ketones is 1. The third kappa shape index (κ3) is 6.64. The van der Waals surface area contributed by atoms with Crippen LogP contribution < -0.4 is 5.73 Å². The maximum atomic E-state index is 12.5. The maximum Gasteiger partial charge on any atom is 0.364 e. The summed E-state index contributed by atoms with van der Waals surface area (Å²) in [6.07, 6.45) is -5.02. The minimum atomic E-state index is -2.25. The SMILES string of the molecule is C=CCOC1(C(=O)O)CC(O)C(N)C([C@@H](O)[C@H](O)CCC(=O)Cc2ccc(-c3ccccc3)cc2)O1. The van der Waals surface area contributed by atoms with Gasteiger partial charge >= 0.3 is 5.97 Å². The minimum absolute atomic E-state index is 0.0276. The maximum absolute atomic E-state index is 12.5. The number of aliphatic carboxylic acids is 1. The van der Waals surface area contributed by atoms with Crippen molar-refractivity contribution in [2.24, 2.45) is 5.73 Å². The second-order valence-corrected chi connectivity index (χ2v) is 8.96. The summed E-state index contributed by atoms with van der Waals surface area (Å²) in [6, 6.07) is 16.3. The van der Waals surface area contributed by atoms with Crippen LogP contribution in [0, 0.1) is 0 Å². The first-order chi connectivity index (χ1) is 17.2. The summed E-state index contributed by atoms with van der Waals surface area (Å²) in [6.45, 7) is 3.28. The van der Waals surface area contributed by atoms with Crippen LogP contribution in [0.3, 0.4) is 0 Å². The monoisotopic (exact) mass is 499 g/mol. The van der Waals surface area contributed by atoms with Gasteiger partial charge in [-0.15, -0.1) is 6.58 Å². The third-order valence-corrected chi connectivity index (χ3v) is 6.30.